The minimum absolute atomic E-state index is 0.213. The van der Waals surface area contributed by atoms with Gasteiger partial charge in [0.15, 0.2) is 0 Å². The van der Waals surface area contributed by atoms with Crippen molar-refractivity contribution >= 4 is 35.5 Å². The maximum absolute atomic E-state index is 13.0. The number of nitrogens with one attached hydrogen (secondary N) is 3. The van der Waals surface area contributed by atoms with Gasteiger partial charge in [-0.1, -0.05) is 30.3 Å². The van der Waals surface area contributed by atoms with Crippen LogP contribution in [0.4, 0.5) is 0 Å². The first-order valence-corrected chi connectivity index (χ1v) is 11.7. The summed E-state index contributed by atoms with van der Waals surface area (Å²) in [6.07, 6.45) is 0.536. The van der Waals surface area contributed by atoms with Gasteiger partial charge in [-0.3, -0.25) is 28.8 Å². The fourth-order valence-corrected chi connectivity index (χ4v) is 3.89. The predicted octanol–water partition coefficient (Wildman–Crippen LogP) is -0.936. The van der Waals surface area contributed by atoms with Crippen LogP contribution in [0.2, 0.25) is 0 Å². The van der Waals surface area contributed by atoms with Crippen LogP contribution in [0.3, 0.4) is 0 Å². The van der Waals surface area contributed by atoms with Gasteiger partial charge in [-0.15, -0.1) is 0 Å². The number of primary amides is 1. The molecule has 0 unspecified atom stereocenters. The lowest BCUT2D eigenvalue weighted by Gasteiger charge is -2.28. The summed E-state index contributed by atoms with van der Waals surface area (Å²) in [6, 6.07) is 5.34. The number of likely N-dealkylation sites (tertiary alicyclic amines) is 1. The van der Waals surface area contributed by atoms with E-state index >= 15 is 0 Å². The van der Waals surface area contributed by atoms with Crippen molar-refractivity contribution in [3.05, 3.63) is 35.9 Å². The first kappa shape index (κ1) is 28.3. The molecule has 196 valence electrons. The Hall–Kier alpha value is -3.96. The molecule has 0 spiro atoms. The first-order chi connectivity index (χ1) is 17.0. The van der Waals surface area contributed by atoms with Crippen LogP contribution in [-0.4, -0.2) is 76.2 Å². The Morgan fingerprint density at radius 1 is 1.00 bits per heavy atom. The molecular weight excluding hydrogens is 470 g/mol. The third kappa shape index (κ3) is 8.36. The smallest absolute Gasteiger partial charge is 0.303 e. The lowest BCUT2D eigenvalue weighted by Crippen LogP contribution is -2.57. The molecule has 4 atom stereocenters. The highest BCUT2D eigenvalue weighted by Crippen LogP contribution is 2.19. The number of rotatable bonds is 12. The van der Waals surface area contributed by atoms with Crippen LogP contribution >= 0.6 is 0 Å². The van der Waals surface area contributed by atoms with Crippen LogP contribution in [0.25, 0.3) is 0 Å². The lowest BCUT2D eigenvalue weighted by atomic mass is 10.0. The average Bonchev–Trinajstić information content (AvgIpc) is 3.32. The highest BCUT2D eigenvalue weighted by molar-refractivity contribution is 5.95. The maximum Gasteiger partial charge on any atom is 0.303 e. The number of carbonyl (C=O) groups excluding carboxylic acids is 5. The highest BCUT2D eigenvalue weighted by Gasteiger charge is 2.37. The average molecular weight is 504 g/mol. The molecule has 0 saturated carbocycles. The van der Waals surface area contributed by atoms with Crippen LogP contribution in [0.5, 0.6) is 0 Å². The van der Waals surface area contributed by atoms with Crippen LogP contribution in [0, 0.1) is 0 Å². The van der Waals surface area contributed by atoms with E-state index in [2.05, 4.69) is 16.0 Å². The van der Waals surface area contributed by atoms with Crippen molar-refractivity contribution in [2.24, 2.45) is 5.73 Å². The van der Waals surface area contributed by atoms with Crippen LogP contribution in [0.15, 0.2) is 30.3 Å². The first-order valence-electron chi connectivity index (χ1n) is 11.7. The minimum atomic E-state index is -1.13. The molecule has 0 bridgehead atoms. The quantitative estimate of drug-likeness (QED) is 0.243. The van der Waals surface area contributed by atoms with Gasteiger partial charge < -0.3 is 31.7 Å². The molecule has 0 aliphatic carbocycles. The normalized spacial score (nSPS) is 17.4. The van der Waals surface area contributed by atoms with E-state index in [1.165, 1.54) is 18.7 Å². The summed E-state index contributed by atoms with van der Waals surface area (Å²) in [6.45, 7) is 3.18. The van der Waals surface area contributed by atoms with E-state index in [4.69, 9.17) is 10.8 Å². The minimum Gasteiger partial charge on any atom is -0.481 e. The fraction of sp³-hybridized carbons (Fsp3) is 0.500. The van der Waals surface area contributed by atoms with Crippen molar-refractivity contribution in [2.75, 3.05) is 6.54 Å². The number of nitrogens with two attached hydrogens (primary N) is 1. The van der Waals surface area contributed by atoms with E-state index in [1.807, 2.05) is 30.3 Å². The molecule has 5 amide bonds. The Balaban J connectivity index is 1.94. The molecule has 6 N–H and O–H groups in total. The van der Waals surface area contributed by atoms with Gasteiger partial charge in [0.25, 0.3) is 0 Å². The van der Waals surface area contributed by atoms with Gasteiger partial charge in [-0.2, -0.15) is 0 Å². The molecule has 1 aromatic carbocycles. The van der Waals surface area contributed by atoms with Crippen molar-refractivity contribution in [3.8, 4) is 0 Å². The Labute approximate surface area is 209 Å². The summed E-state index contributed by atoms with van der Waals surface area (Å²) < 4.78 is 0. The maximum atomic E-state index is 13.0. The molecule has 12 nitrogen and oxygen atoms in total. The summed E-state index contributed by atoms with van der Waals surface area (Å²) in [5.74, 6) is -4.04. The third-order valence-corrected chi connectivity index (χ3v) is 5.85. The van der Waals surface area contributed by atoms with Crippen molar-refractivity contribution in [1.29, 1.82) is 0 Å². The zero-order chi connectivity index (χ0) is 26.8. The van der Waals surface area contributed by atoms with E-state index in [0.29, 0.717) is 19.4 Å². The zero-order valence-electron chi connectivity index (χ0n) is 20.4. The summed E-state index contributed by atoms with van der Waals surface area (Å²) in [4.78, 5) is 74.0. The van der Waals surface area contributed by atoms with Crippen molar-refractivity contribution in [1.82, 2.24) is 20.9 Å². The lowest BCUT2D eigenvalue weighted by molar-refractivity contribution is -0.142. The number of hydrogen-bond donors (Lipinski definition) is 5. The van der Waals surface area contributed by atoms with E-state index in [-0.39, 0.29) is 19.3 Å². The molecule has 1 saturated heterocycles. The summed E-state index contributed by atoms with van der Waals surface area (Å²) in [5.41, 5.74) is 6.31. The molecule has 1 fully saturated rings. The second-order valence-electron chi connectivity index (χ2n) is 8.76. The van der Waals surface area contributed by atoms with Gasteiger partial charge in [0.2, 0.25) is 29.5 Å². The summed E-state index contributed by atoms with van der Waals surface area (Å²) in [7, 11) is 0. The van der Waals surface area contributed by atoms with Gasteiger partial charge in [0, 0.05) is 19.4 Å². The monoisotopic (exact) mass is 503 g/mol. The summed E-state index contributed by atoms with van der Waals surface area (Å²) >= 11 is 0. The second-order valence-corrected chi connectivity index (χ2v) is 8.76. The second kappa shape index (κ2) is 13.2. The Bertz CT molecular complexity index is 984. The molecular formula is C24H33N5O7. The zero-order valence-corrected chi connectivity index (χ0v) is 20.4. The van der Waals surface area contributed by atoms with Gasteiger partial charge in [-0.25, -0.2) is 0 Å². The van der Waals surface area contributed by atoms with Crippen molar-refractivity contribution < 1.29 is 33.9 Å². The largest absolute Gasteiger partial charge is 0.481 e. The van der Waals surface area contributed by atoms with E-state index in [1.54, 1.807) is 0 Å². The number of aliphatic carboxylic acids is 1. The van der Waals surface area contributed by atoms with Crippen molar-refractivity contribution in [3.63, 3.8) is 0 Å². The molecule has 12 heteroatoms. The Morgan fingerprint density at radius 2 is 1.67 bits per heavy atom. The number of benzene rings is 1. The van der Waals surface area contributed by atoms with Crippen LogP contribution in [0.1, 0.15) is 45.1 Å². The van der Waals surface area contributed by atoms with E-state index in [9.17, 15) is 28.8 Å². The molecule has 1 aliphatic rings. The molecule has 1 aliphatic heterocycles. The summed E-state index contributed by atoms with van der Waals surface area (Å²) in [5, 5.41) is 16.2. The number of carboxylic acids is 1. The topological polar surface area (TPSA) is 188 Å². The SMILES string of the molecule is C[C@H](NC(=O)CCC(=O)O)C(=O)N[C@@H](C)C(=O)N1CCC[C@H]1C(=O)N[C@@H](Cc1ccccc1)C(N)=O. The number of nitrogens with zero attached hydrogens (tertiary/aromatic N) is 1. The number of carbonyl (C=O) groups is 6. The molecule has 2 rings (SSSR count). The van der Waals surface area contributed by atoms with Crippen LogP contribution in [-0.2, 0) is 35.2 Å². The highest BCUT2D eigenvalue weighted by atomic mass is 16.4. The van der Waals surface area contributed by atoms with Crippen molar-refractivity contribution in [2.45, 2.75) is 70.1 Å². The molecule has 36 heavy (non-hydrogen) atoms. The standard InChI is InChI=1S/C24H33N5O7/c1-14(26-19(30)10-11-20(31)32)22(34)27-15(2)24(36)29-12-6-9-18(29)23(35)28-17(21(25)33)13-16-7-4-3-5-8-16/h3-5,7-8,14-15,17-18H,6,9-13H2,1-2H3,(H2,25,33)(H,26,30)(H,27,34)(H,28,35)(H,31,32)/t14-,15-,17-,18-/m0/s1. The van der Waals surface area contributed by atoms with Crippen LogP contribution < -0.4 is 21.7 Å². The molecule has 0 radical (unpaired) electrons. The van der Waals surface area contributed by atoms with E-state index < -0.39 is 59.7 Å². The van der Waals surface area contributed by atoms with E-state index in [0.717, 1.165) is 5.56 Å². The number of amides is 5. The van der Waals surface area contributed by atoms with Gasteiger partial charge in [0.1, 0.15) is 24.2 Å². The molecule has 1 aromatic rings. The number of carboxylic acid groups (broad SMARTS) is 1. The third-order valence-electron chi connectivity index (χ3n) is 5.85. The Morgan fingerprint density at radius 3 is 2.28 bits per heavy atom. The Kier molecular flexibility index (Phi) is 10.4. The molecule has 1 heterocycles. The van der Waals surface area contributed by atoms with Gasteiger partial charge in [0.05, 0.1) is 6.42 Å². The number of hydrogen-bond acceptors (Lipinski definition) is 6. The van der Waals surface area contributed by atoms with Gasteiger partial charge >= 0.3 is 5.97 Å². The fourth-order valence-electron chi connectivity index (χ4n) is 3.89. The molecule has 0 aromatic heterocycles. The predicted molar refractivity (Wildman–Crippen MR) is 128 cm³/mol. The van der Waals surface area contributed by atoms with Gasteiger partial charge in [-0.05, 0) is 32.3 Å².